The molecule has 11 rings (SSSR count). The van der Waals surface area contributed by atoms with E-state index in [1.165, 1.54) is 87.2 Å². The smallest absolute Gasteiger partial charge is 0.136 e. The van der Waals surface area contributed by atoms with Crippen molar-refractivity contribution in [3.05, 3.63) is 182 Å². The van der Waals surface area contributed by atoms with Gasteiger partial charge in [0.2, 0.25) is 0 Å². The number of rotatable bonds is 3. The van der Waals surface area contributed by atoms with Crippen molar-refractivity contribution in [2.75, 3.05) is 0 Å². The van der Waals surface area contributed by atoms with Gasteiger partial charge in [-0.1, -0.05) is 158 Å². The lowest BCUT2D eigenvalue weighted by Crippen LogP contribution is -1.93. The second kappa shape index (κ2) is 10.9. The van der Waals surface area contributed by atoms with Crippen molar-refractivity contribution in [2.45, 2.75) is 0 Å². The third-order valence-corrected chi connectivity index (χ3v) is 10.8. The highest BCUT2D eigenvalue weighted by Gasteiger charge is 2.20. The molecule has 0 atom stereocenters. The Hall–Kier alpha value is -6.70. The molecule has 236 valence electrons. The molecule has 0 aliphatic heterocycles. The molecule has 1 heterocycles. The van der Waals surface area contributed by atoms with Crippen molar-refractivity contribution < 1.29 is 4.42 Å². The van der Waals surface area contributed by atoms with Crippen LogP contribution in [0.2, 0.25) is 0 Å². The first-order chi connectivity index (χ1) is 25.3. The maximum atomic E-state index is 6.36. The summed E-state index contributed by atoms with van der Waals surface area (Å²) in [6.07, 6.45) is 0. The minimum atomic E-state index is 0.911. The molecule has 0 amide bonds. The van der Waals surface area contributed by atoms with Crippen LogP contribution in [0.5, 0.6) is 0 Å². The largest absolute Gasteiger partial charge is 0.456 e. The van der Waals surface area contributed by atoms with Gasteiger partial charge in [-0.3, -0.25) is 0 Å². The zero-order valence-electron chi connectivity index (χ0n) is 27.7. The van der Waals surface area contributed by atoms with Gasteiger partial charge in [-0.2, -0.15) is 0 Å². The Labute approximate surface area is 294 Å². The SMILES string of the molecule is c1ccc2cc3c(cc2c1)oc1ccc(-c2ccc(-c4c5ccccc5c(-c5cccc6ccccc56)c5ccccc45)c4ccccc24)cc13. The van der Waals surface area contributed by atoms with E-state index in [2.05, 4.69) is 182 Å². The van der Waals surface area contributed by atoms with Gasteiger partial charge >= 0.3 is 0 Å². The normalized spacial score (nSPS) is 11.9. The zero-order valence-corrected chi connectivity index (χ0v) is 27.7. The number of furan rings is 1. The van der Waals surface area contributed by atoms with E-state index in [1.807, 2.05) is 0 Å². The zero-order chi connectivity index (χ0) is 33.5. The van der Waals surface area contributed by atoms with Gasteiger partial charge in [-0.15, -0.1) is 0 Å². The first-order valence-corrected chi connectivity index (χ1v) is 17.6. The molecular weight excluding hydrogens is 617 g/mol. The number of fused-ring (bicyclic) bond motifs is 8. The van der Waals surface area contributed by atoms with Crippen LogP contribution in [-0.2, 0) is 0 Å². The standard InChI is InChI=1S/C50H30O/c1-2-14-33-30-48-46(28-32(33)13-1)45-29-34(24-27-47(45)51-48)36-25-26-44(38-18-6-5-17-37(36)38)50-42-21-9-7-19-40(42)49(41-20-8-10-22-43(41)50)39-23-11-15-31-12-3-4-16-35(31)39/h1-30H. The van der Waals surface area contributed by atoms with Gasteiger partial charge in [0.15, 0.2) is 0 Å². The molecule has 0 aliphatic rings. The predicted octanol–water partition coefficient (Wildman–Crippen LogP) is 14.4. The predicted molar refractivity (Wildman–Crippen MR) is 218 cm³/mol. The minimum Gasteiger partial charge on any atom is -0.456 e. The van der Waals surface area contributed by atoms with E-state index in [0.29, 0.717) is 0 Å². The van der Waals surface area contributed by atoms with Crippen LogP contribution < -0.4 is 0 Å². The Morgan fingerprint density at radius 2 is 0.725 bits per heavy atom. The summed E-state index contributed by atoms with van der Waals surface area (Å²) < 4.78 is 6.36. The molecule has 0 bridgehead atoms. The third-order valence-electron chi connectivity index (χ3n) is 10.8. The summed E-state index contributed by atoms with van der Waals surface area (Å²) in [7, 11) is 0. The number of benzene rings is 10. The molecular formula is C50H30O. The molecule has 0 radical (unpaired) electrons. The Bertz CT molecular complexity index is 3130. The lowest BCUT2D eigenvalue weighted by Gasteiger charge is -2.20. The van der Waals surface area contributed by atoms with Crippen molar-refractivity contribution in [3.63, 3.8) is 0 Å². The summed E-state index contributed by atoms with van der Waals surface area (Å²) in [5.41, 5.74) is 9.30. The van der Waals surface area contributed by atoms with Gasteiger partial charge in [-0.25, -0.2) is 0 Å². The van der Waals surface area contributed by atoms with E-state index >= 15 is 0 Å². The molecule has 0 fully saturated rings. The summed E-state index contributed by atoms with van der Waals surface area (Å²) in [6.45, 7) is 0. The van der Waals surface area contributed by atoms with E-state index in [-0.39, 0.29) is 0 Å². The summed E-state index contributed by atoms with van der Waals surface area (Å²) in [5.74, 6) is 0. The number of hydrogen-bond donors (Lipinski definition) is 0. The van der Waals surface area contributed by atoms with Gasteiger partial charge in [0.1, 0.15) is 11.2 Å². The molecule has 10 aromatic carbocycles. The fourth-order valence-corrected chi connectivity index (χ4v) is 8.55. The molecule has 1 aromatic heterocycles. The van der Waals surface area contributed by atoms with E-state index < -0.39 is 0 Å². The molecule has 0 saturated heterocycles. The van der Waals surface area contributed by atoms with Gasteiger partial charge in [0.05, 0.1) is 0 Å². The van der Waals surface area contributed by atoms with Crippen LogP contribution in [0.15, 0.2) is 186 Å². The molecule has 0 unspecified atom stereocenters. The van der Waals surface area contributed by atoms with Crippen molar-refractivity contribution in [1.82, 2.24) is 0 Å². The van der Waals surface area contributed by atoms with Gasteiger partial charge < -0.3 is 4.42 Å². The van der Waals surface area contributed by atoms with Crippen LogP contribution in [0.1, 0.15) is 0 Å². The van der Waals surface area contributed by atoms with Crippen LogP contribution in [0.4, 0.5) is 0 Å². The Balaban J connectivity index is 1.17. The molecule has 51 heavy (non-hydrogen) atoms. The molecule has 1 heteroatoms. The molecule has 0 N–H and O–H groups in total. The Kier molecular flexibility index (Phi) is 6.02. The maximum Gasteiger partial charge on any atom is 0.136 e. The average molecular weight is 647 g/mol. The second-order valence-corrected chi connectivity index (χ2v) is 13.6. The summed E-state index contributed by atoms with van der Waals surface area (Å²) in [6, 6.07) is 66.4. The van der Waals surface area contributed by atoms with E-state index in [0.717, 1.165) is 21.9 Å². The van der Waals surface area contributed by atoms with Crippen LogP contribution in [0, 0.1) is 0 Å². The molecule has 1 nitrogen and oxygen atoms in total. The van der Waals surface area contributed by atoms with E-state index in [9.17, 15) is 0 Å². The van der Waals surface area contributed by atoms with Gasteiger partial charge in [-0.05, 0) is 112 Å². The monoisotopic (exact) mass is 646 g/mol. The second-order valence-electron chi connectivity index (χ2n) is 13.6. The highest BCUT2D eigenvalue weighted by atomic mass is 16.3. The minimum absolute atomic E-state index is 0.911. The topological polar surface area (TPSA) is 13.1 Å². The van der Waals surface area contributed by atoms with Gasteiger partial charge in [0.25, 0.3) is 0 Å². The third kappa shape index (κ3) is 4.22. The molecule has 0 spiro atoms. The quantitative estimate of drug-likeness (QED) is 0.174. The first-order valence-electron chi connectivity index (χ1n) is 17.6. The van der Waals surface area contributed by atoms with E-state index in [4.69, 9.17) is 4.42 Å². The molecule has 11 aromatic rings. The van der Waals surface area contributed by atoms with Crippen molar-refractivity contribution in [1.29, 1.82) is 0 Å². The molecule has 0 aliphatic carbocycles. The van der Waals surface area contributed by atoms with E-state index in [1.54, 1.807) is 0 Å². The maximum absolute atomic E-state index is 6.36. The lowest BCUT2D eigenvalue weighted by molar-refractivity contribution is 0.669. The highest BCUT2D eigenvalue weighted by Crippen LogP contribution is 2.47. The van der Waals surface area contributed by atoms with Gasteiger partial charge in [0, 0.05) is 10.8 Å². The van der Waals surface area contributed by atoms with Crippen LogP contribution >= 0.6 is 0 Å². The lowest BCUT2D eigenvalue weighted by atomic mass is 9.83. The number of hydrogen-bond acceptors (Lipinski definition) is 1. The first kappa shape index (κ1) is 28.2. The average Bonchev–Trinajstić information content (AvgIpc) is 3.55. The van der Waals surface area contributed by atoms with Crippen LogP contribution in [0.25, 0.3) is 109 Å². The summed E-state index contributed by atoms with van der Waals surface area (Å²) in [5, 5.41) is 14.8. The van der Waals surface area contributed by atoms with Crippen LogP contribution in [0.3, 0.4) is 0 Å². The van der Waals surface area contributed by atoms with Crippen LogP contribution in [-0.4, -0.2) is 0 Å². The van der Waals surface area contributed by atoms with Crippen molar-refractivity contribution in [3.8, 4) is 33.4 Å². The fourth-order valence-electron chi connectivity index (χ4n) is 8.55. The summed E-state index contributed by atoms with van der Waals surface area (Å²) in [4.78, 5) is 0. The van der Waals surface area contributed by atoms with Crippen molar-refractivity contribution >= 4 is 75.8 Å². The Morgan fingerprint density at radius 1 is 0.255 bits per heavy atom. The molecule has 0 saturated carbocycles. The Morgan fingerprint density at radius 3 is 1.39 bits per heavy atom. The highest BCUT2D eigenvalue weighted by molar-refractivity contribution is 6.26. The fraction of sp³-hybridized carbons (Fsp3) is 0. The summed E-state index contributed by atoms with van der Waals surface area (Å²) >= 11 is 0. The van der Waals surface area contributed by atoms with Crippen molar-refractivity contribution in [2.24, 2.45) is 0 Å².